The molecular weight excluding hydrogens is 388 g/mol. The van der Waals surface area contributed by atoms with Crippen LogP contribution in [0.4, 0.5) is 0 Å². The molecule has 1 aliphatic carbocycles. The average Bonchev–Trinajstić information content (AvgIpc) is 3.36. The van der Waals surface area contributed by atoms with Crippen molar-refractivity contribution >= 4 is 22.2 Å². The number of nitrogens with zero attached hydrogens (tertiary/aromatic N) is 6. The lowest BCUT2D eigenvalue weighted by atomic mass is 10.4. The molecule has 0 amide bonds. The molecule has 1 saturated carbocycles. The summed E-state index contributed by atoms with van der Waals surface area (Å²) in [5.74, 6) is 1.93. The van der Waals surface area contributed by atoms with E-state index in [2.05, 4.69) is 15.2 Å². The van der Waals surface area contributed by atoms with Gasteiger partial charge >= 0.3 is 0 Å². The fourth-order valence-electron chi connectivity index (χ4n) is 3.57. The SMILES string of the molecule is Cc1noc(C)c1S(=O)(=O)N1CCN(Cn2nc(C3CC3)n(C)c2=S)CC1. The Bertz CT molecular complexity index is 990. The standard InChI is InChI=1S/C16H24N6O3S2/c1-11-14(12(2)25-18-11)27(23,24)21-8-6-20(7-9-21)10-22-16(26)19(3)15(17-22)13-4-5-13/h13H,4-10H2,1-3H3. The lowest BCUT2D eigenvalue weighted by Crippen LogP contribution is -2.49. The third-order valence-corrected chi connectivity index (χ3v) is 7.88. The van der Waals surface area contributed by atoms with Crippen LogP contribution in [-0.4, -0.2) is 63.3 Å². The molecular formula is C16H24N6O3S2. The van der Waals surface area contributed by atoms with E-state index in [1.807, 2.05) is 16.3 Å². The van der Waals surface area contributed by atoms with E-state index in [1.54, 1.807) is 13.8 Å². The molecule has 2 aromatic heterocycles. The van der Waals surface area contributed by atoms with Crippen LogP contribution in [0.2, 0.25) is 0 Å². The van der Waals surface area contributed by atoms with Gasteiger partial charge in [0.1, 0.15) is 16.4 Å². The Morgan fingerprint density at radius 3 is 2.41 bits per heavy atom. The smallest absolute Gasteiger partial charge is 0.248 e. The predicted octanol–water partition coefficient (Wildman–Crippen LogP) is 1.40. The highest BCUT2D eigenvalue weighted by Gasteiger charge is 2.34. The summed E-state index contributed by atoms with van der Waals surface area (Å²) in [7, 11) is -1.62. The molecule has 0 unspecified atom stereocenters. The van der Waals surface area contributed by atoms with Crippen LogP contribution in [0.1, 0.15) is 36.0 Å². The van der Waals surface area contributed by atoms with Crippen molar-refractivity contribution < 1.29 is 12.9 Å². The maximum absolute atomic E-state index is 12.9. The first-order valence-electron chi connectivity index (χ1n) is 9.08. The summed E-state index contributed by atoms with van der Waals surface area (Å²) in [5, 5.41) is 8.45. The third-order valence-electron chi connectivity index (χ3n) is 5.25. The molecule has 3 heterocycles. The minimum atomic E-state index is -3.59. The largest absolute Gasteiger partial charge is 0.360 e. The Morgan fingerprint density at radius 2 is 1.85 bits per heavy atom. The van der Waals surface area contributed by atoms with Gasteiger partial charge in [-0.25, -0.2) is 13.1 Å². The second-order valence-electron chi connectivity index (χ2n) is 7.29. The van der Waals surface area contributed by atoms with Gasteiger partial charge in [0.05, 0.1) is 6.67 Å². The molecule has 1 aliphatic heterocycles. The monoisotopic (exact) mass is 412 g/mol. The Morgan fingerprint density at radius 1 is 1.19 bits per heavy atom. The van der Waals surface area contributed by atoms with E-state index in [9.17, 15) is 8.42 Å². The van der Waals surface area contributed by atoms with Crippen LogP contribution in [0, 0.1) is 18.6 Å². The average molecular weight is 413 g/mol. The Labute approximate surface area is 163 Å². The Hall–Kier alpha value is -1.56. The van der Waals surface area contributed by atoms with Crippen molar-refractivity contribution in [2.45, 2.75) is 44.2 Å². The number of hydrogen-bond acceptors (Lipinski definition) is 7. The molecule has 9 nitrogen and oxygen atoms in total. The van der Waals surface area contributed by atoms with Gasteiger partial charge in [-0.2, -0.15) is 9.40 Å². The molecule has 0 atom stereocenters. The third kappa shape index (κ3) is 3.37. The van der Waals surface area contributed by atoms with Crippen LogP contribution in [-0.2, 0) is 23.7 Å². The molecule has 0 bridgehead atoms. The van der Waals surface area contributed by atoms with Gasteiger partial charge in [-0.3, -0.25) is 4.90 Å². The van der Waals surface area contributed by atoms with E-state index in [-0.39, 0.29) is 4.90 Å². The zero-order valence-corrected chi connectivity index (χ0v) is 17.4. The number of piperazine rings is 1. The van der Waals surface area contributed by atoms with Crippen LogP contribution in [0.15, 0.2) is 9.42 Å². The zero-order valence-electron chi connectivity index (χ0n) is 15.8. The minimum absolute atomic E-state index is 0.192. The summed E-state index contributed by atoms with van der Waals surface area (Å²) < 4.78 is 36.9. The quantitative estimate of drug-likeness (QED) is 0.686. The van der Waals surface area contributed by atoms with Crippen molar-refractivity contribution in [1.82, 2.24) is 28.7 Å². The molecule has 0 spiro atoms. The van der Waals surface area contributed by atoms with Gasteiger partial charge in [-0.05, 0) is 38.9 Å². The summed E-state index contributed by atoms with van der Waals surface area (Å²) in [4.78, 5) is 2.37. The van der Waals surface area contributed by atoms with Gasteiger partial charge in [0.2, 0.25) is 10.0 Å². The van der Waals surface area contributed by atoms with Gasteiger partial charge in [0, 0.05) is 39.1 Å². The first-order chi connectivity index (χ1) is 12.8. The number of hydrogen-bond donors (Lipinski definition) is 0. The van der Waals surface area contributed by atoms with Crippen molar-refractivity contribution in [2.24, 2.45) is 7.05 Å². The molecule has 2 fully saturated rings. The molecule has 27 heavy (non-hydrogen) atoms. The number of rotatable bonds is 5. The van der Waals surface area contributed by atoms with E-state index in [0.29, 0.717) is 55.0 Å². The molecule has 2 aliphatic rings. The van der Waals surface area contributed by atoms with Crippen molar-refractivity contribution in [3.63, 3.8) is 0 Å². The molecule has 4 rings (SSSR count). The maximum atomic E-state index is 12.9. The lowest BCUT2D eigenvalue weighted by molar-refractivity contribution is 0.144. The first kappa shape index (κ1) is 18.8. The van der Waals surface area contributed by atoms with E-state index in [1.165, 1.54) is 17.1 Å². The van der Waals surface area contributed by atoms with E-state index in [4.69, 9.17) is 16.7 Å². The van der Waals surface area contributed by atoms with Crippen molar-refractivity contribution in [2.75, 3.05) is 26.2 Å². The summed E-state index contributed by atoms with van der Waals surface area (Å²) in [5.41, 5.74) is 0.405. The molecule has 11 heteroatoms. The highest BCUT2D eigenvalue weighted by Crippen LogP contribution is 2.38. The number of sulfonamides is 1. The Kier molecular flexibility index (Phi) is 4.73. The lowest BCUT2D eigenvalue weighted by Gasteiger charge is -2.33. The van der Waals surface area contributed by atoms with Gasteiger partial charge < -0.3 is 9.09 Å². The van der Waals surface area contributed by atoms with Gasteiger partial charge in [-0.15, -0.1) is 0 Å². The van der Waals surface area contributed by atoms with E-state index in [0.717, 1.165) is 5.82 Å². The van der Waals surface area contributed by atoms with Crippen molar-refractivity contribution in [3.05, 3.63) is 22.0 Å². The topological polar surface area (TPSA) is 89.4 Å². The second-order valence-corrected chi connectivity index (χ2v) is 9.53. The summed E-state index contributed by atoms with van der Waals surface area (Å²) in [6, 6.07) is 0. The maximum Gasteiger partial charge on any atom is 0.248 e. The fourth-order valence-corrected chi connectivity index (χ4v) is 5.47. The normalized spacial score (nSPS) is 19.7. The molecule has 148 valence electrons. The summed E-state index contributed by atoms with van der Waals surface area (Å²) in [6.45, 7) is 5.95. The first-order valence-corrected chi connectivity index (χ1v) is 10.9. The Balaban J connectivity index is 1.44. The zero-order chi connectivity index (χ0) is 19.3. The number of aromatic nitrogens is 4. The predicted molar refractivity (Wildman–Crippen MR) is 100 cm³/mol. The summed E-state index contributed by atoms with van der Waals surface area (Å²) in [6.07, 6.45) is 2.36. The highest BCUT2D eigenvalue weighted by molar-refractivity contribution is 7.89. The van der Waals surface area contributed by atoms with Crippen LogP contribution < -0.4 is 0 Å². The van der Waals surface area contributed by atoms with Crippen LogP contribution in [0.3, 0.4) is 0 Å². The molecule has 0 aromatic carbocycles. The van der Waals surface area contributed by atoms with E-state index < -0.39 is 10.0 Å². The van der Waals surface area contributed by atoms with Crippen molar-refractivity contribution in [3.8, 4) is 0 Å². The molecule has 0 radical (unpaired) electrons. The second kappa shape index (κ2) is 6.80. The molecule has 1 saturated heterocycles. The summed E-state index contributed by atoms with van der Waals surface area (Å²) >= 11 is 5.51. The van der Waals surface area contributed by atoms with E-state index >= 15 is 0 Å². The van der Waals surface area contributed by atoms with Crippen LogP contribution in [0.5, 0.6) is 0 Å². The van der Waals surface area contributed by atoms with Gasteiger partial charge in [0.25, 0.3) is 0 Å². The van der Waals surface area contributed by atoms with Crippen LogP contribution >= 0.6 is 12.2 Å². The van der Waals surface area contributed by atoms with Gasteiger partial charge in [-0.1, -0.05) is 5.16 Å². The number of aryl methyl sites for hydroxylation is 2. The molecule has 2 aromatic rings. The van der Waals surface area contributed by atoms with Crippen LogP contribution in [0.25, 0.3) is 0 Å². The highest BCUT2D eigenvalue weighted by atomic mass is 32.2. The van der Waals surface area contributed by atoms with Gasteiger partial charge in [0.15, 0.2) is 10.5 Å². The van der Waals surface area contributed by atoms with Crippen molar-refractivity contribution in [1.29, 1.82) is 0 Å². The minimum Gasteiger partial charge on any atom is -0.360 e. The molecule has 0 N–H and O–H groups in total. The fraction of sp³-hybridized carbons (Fsp3) is 0.688.